The Morgan fingerprint density at radius 3 is 2.39 bits per heavy atom. The Morgan fingerprint density at radius 1 is 1.07 bits per heavy atom. The molecule has 2 aromatic rings. The number of carbonyl (C=O) groups excluding carboxylic acids is 1. The van der Waals surface area contributed by atoms with E-state index in [1.807, 2.05) is 41.3 Å². The predicted molar refractivity (Wildman–Crippen MR) is 115 cm³/mol. The number of amides is 1. The molecule has 0 N–H and O–H groups in total. The van der Waals surface area contributed by atoms with Crippen LogP contribution < -0.4 is 9.80 Å². The van der Waals surface area contributed by atoms with Gasteiger partial charge in [0.1, 0.15) is 0 Å². The van der Waals surface area contributed by atoms with Crippen LogP contribution in [-0.4, -0.2) is 60.3 Å². The van der Waals surface area contributed by atoms with Crippen LogP contribution in [-0.2, 0) is 4.79 Å². The third-order valence-electron chi connectivity index (χ3n) is 4.95. The summed E-state index contributed by atoms with van der Waals surface area (Å²) in [6.45, 7) is 8.83. The molecule has 0 saturated carbocycles. The summed E-state index contributed by atoms with van der Waals surface area (Å²) in [5, 5.41) is 9.37. The van der Waals surface area contributed by atoms with Crippen LogP contribution in [0.1, 0.15) is 19.4 Å². The van der Waals surface area contributed by atoms with Crippen LogP contribution in [0, 0.1) is 0 Å². The van der Waals surface area contributed by atoms with Crippen molar-refractivity contribution in [2.45, 2.75) is 13.8 Å². The highest BCUT2D eigenvalue weighted by Gasteiger charge is 2.21. The standard InChI is InChI=1S/C21H26ClN5O/c1-3-25(4-2)19-10-11-20(24-23-19)26-13-15-27(16-14-26)21(28)12-9-17-7-5-6-8-18(17)22/h5-12H,3-4,13-16H2,1-2H3/b12-9+. The third-order valence-corrected chi connectivity index (χ3v) is 5.29. The van der Waals surface area contributed by atoms with E-state index in [2.05, 4.69) is 33.8 Å². The van der Waals surface area contributed by atoms with Gasteiger partial charge in [-0.2, -0.15) is 0 Å². The molecule has 28 heavy (non-hydrogen) atoms. The number of halogens is 1. The second-order valence-corrected chi connectivity index (χ2v) is 7.00. The van der Waals surface area contributed by atoms with Crippen molar-refractivity contribution in [3.63, 3.8) is 0 Å². The molecule has 1 aliphatic heterocycles. The van der Waals surface area contributed by atoms with Crippen LogP contribution in [0.15, 0.2) is 42.5 Å². The first-order valence-corrected chi connectivity index (χ1v) is 10.0. The van der Waals surface area contributed by atoms with E-state index in [0.29, 0.717) is 18.1 Å². The minimum absolute atomic E-state index is 0.00235. The number of anilines is 2. The molecule has 0 atom stereocenters. The number of hydrogen-bond acceptors (Lipinski definition) is 5. The molecule has 2 heterocycles. The molecule has 1 saturated heterocycles. The van der Waals surface area contributed by atoms with Gasteiger partial charge in [-0.25, -0.2) is 0 Å². The molecule has 0 bridgehead atoms. The van der Waals surface area contributed by atoms with E-state index in [0.717, 1.165) is 43.4 Å². The van der Waals surface area contributed by atoms with Gasteiger partial charge in [-0.15, -0.1) is 10.2 Å². The van der Waals surface area contributed by atoms with E-state index in [4.69, 9.17) is 11.6 Å². The highest BCUT2D eigenvalue weighted by molar-refractivity contribution is 6.32. The van der Waals surface area contributed by atoms with Gasteiger partial charge in [-0.3, -0.25) is 4.79 Å². The first kappa shape index (κ1) is 20.1. The SMILES string of the molecule is CCN(CC)c1ccc(N2CCN(C(=O)/C=C/c3ccccc3Cl)CC2)nn1. The summed E-state index contributed by atoms with van der Waals surface area (Å²) < 4.78 is 0. The monoisotopic (exact) mass is 399 g/mol. The van der Waals surface area contributed by atoms with E-state index in [1.165, 1.54) is 0 Å². The molecular formula is C21H26ClN5O. The zero-order valence-electron chi connectivity index (χ0n) is 16.4. The molecule has 7 heteroatoms. The largest absolute Gasteiger partial charge is 0.356 e. The third kappa shape index (κ3) is 4.81. The van der Waals surface area contributed by atoms with Crippen LogP contribution in [0.2, 0.25) is 5.02 Å². The van der Waals surface area contributed by atoms with Crippen molar-refractivity contribution in [2.75, 3.05) is 49.1 Å². The van der Waals surface area contributed by atoms with Crippen LogP contribution in [0.25, 0.3) is 6.08 Å². The van der Waals surface area contributed by atoms with Gasteiger partial charge < -0.3 is 14.7 Å². The number of benzene rings is 1. The minimum atomic E-state index is 0.00235. The van der Waals surface area contributed by atoms with E-state index >= 15 is 0 Å². The number of rotatable bonds is 6. The summed E-state index contributed by atoms with van der Waals surface area (Å²) in [6.07, 6.45) is 3.37. The van der Waals surface area contributed by atoms with Crippen molar-refractivity contribution in [1.82, 2.24) is 15.1 Å². The zero-order chi connectivity index (χ0) is 19.9. The molecule has 1 fully saturated rings. The molecule has 1 amide bonds. The van der Waals surface area contributed by atoms with Gasteiger partial charge in [0.25, 0.3) is 0 Å². The van der Waals surface area contributed by atoms with E-state index in [1.54, 1.807) is 12.2 Å². The maximum absolute atomic E-state index is 12.5. The number of piperazine rings is 1. The lowest BCUT2D eigenvalue weighted by atomic mass is 10.2. The topological polar surface area (TPSA) is 52.6 Å². The summed E-state index contributed by atoms with van der Waals surface area (Å²) in [4.78, 5) is 18.6. The maximum Gasteiger partial charge on any atom is 0.246 e. The van der Waals surface area contributed by atoms with E-state index < -0.39 is 0 Å². The molecule has 6 nitrogen and oxygen atoms in total. The van der Waals surface area contributed by atoms with Crippen molar-refractivity contribution in [1.29, 1.82) is 0 Å². The van der Waals surface area contributed by atoms with Gasteiger partial charge in [-0.1, -0.05) is 29.8 Å². The molecule has 1 aromatic carbocycles. The Bertz CT molecular complexity index is 812. The smallest absolute Gasteiger partial charge is 0.246 e. The Labute approximate surface area is 171 Å². The van der Waals surface area contributed by atoms with Gasteiger partial charge in [0.15, 0.2) is 11.6 Å². The Morgan fingerprint density at radius 2 is 1.79 bits per heavy atom. The molecule has 0 radical (unpaired) electrons. The van der Waals surface area contributed by atoms with Gasteiger partial charge >= 0.3 is 0 Å². The summed E-state index contributed by atoms with van der Waals surface area (Å²) in [6, 6.07) is 11.5. The highest BCUT2D eigenvalue weighted by atomic mass is 35.5. The lowest BCUT2D eigenvalue weighted by Crippen LogP contribution is -2.48. The van der Waals surface area contributed by atoms with Crippen LogP contribution in [0.5, 0.6) is 0 Å². The summed E-state index contributed by atoms with van der Waals surface area (Å²) >= 11 is 6.13. The number of carbonyl (C=O) groups is 1. The van der Waals surface area contributed by atoms with Crippen LogP contribution >= 0.6 is 11.6 Å². The molecule has 0 aliphatic carbocycles. The van der Waals surface area contributed by atoms with Crippen molar-refractivity contribution < 1.29 is 4.79 Å². The van der Waals surface area contributed by atoms with Gasteiger partial charge in [0.2, 0.25) is 5.91 Å². The summed E-state index contributed by atoms with van der Waals surface area (Å²) in [5.74, 6) is 1.75. The van der Waals surface area contributed by atoms with Crippen molar-refractivity contribution in [3.05, 3.63) is 53.1 Å². The Kier molecular flexibility index (Phi) is 6.87. The molecule has 3 rings (SSSR count). The molecule has 1 aliphatic rings. The van der Waals surface area contributed by atoms with Crippen molar-refractivity contribution >= 4 is 35.2 Å². The maximum atomic E-state index is 12.5. The van der Waals surface area contributed by atoms with Gasteiger partial charge in [0.05, 0.1) is 0 Å². The summed E-state index contributed by atoms with van der Waals surface area (Å²) in [7, 11) is 0. The second kappa shape index (κ2) is 9.55. The van der Waals surface area contributed by atoms with Crippen LogP contribution in [0.4, 0.5) is 11.6 Å². The Balaban J connectivity index is 1.55. The lowest BCUT2D eigenvalue weighted by molar-refractivity contribution is -0.126. The normalized spacial score (nSPS) is 14.5. The zero-order valence-corrected chi connectivity index (χ0v) is 17.1. The molecule has 1 aromatic heterocycles. The van der Waals surface area contributed by atoms with E-state index in [9.17, 15) is 4.79 Å². The average Bonchev–Trinajstić information content (AvgIpc) is 2.74. The average molecular weight is 400 g/mol. The summed E-state index contributed by atoms with van der Waals surface area (Å²) in [5.41, 5.74) is 0.847. The fourth-order valence-corrected chi connectivity index (χ4v) is 3.43. The first-order valence-electron chi connectivity index (χ1n) is 9.67. The van der Waals surface area contributed by atoms with Crippen LogP contribution in [0.3, 0.4) is 0 Å². The van der Waals surface area contributed by atoms with Gasteiger partial charge in [0, 0.05) is 50.4 Å². The fourth-order valence-electron chi connectivity index (χ4n) is 3.24. The number of hydrogen-bond donors (Lipinski definition) is 0. The Hall–Kier alpha value is -2.60. The number of aromatic nitrogens is 2. The lowest BCUT2D eigenvalue weighted by Gasteiger charge is -2.34. The molecule has 0 spiro atoms. The second-order valence-electron chi connectivity index (χ2n) is 6.59. The number of nitrogens with zero attached hydrogens (tertiary/aromatic N) is 5. The van der Waals surface area contributed by atoms with E-state index in [-0.39, 0.29) is 5.91 Å². The predicted octanol–water partition coefficient (Wildman–Crippen LogP) is 3.34. The fraction of sp³-hybridized carbons (Fsp3) is 0.381. The quantitative estimate of drug-likeness (QED) is 0.697. The molecule has 148 valence electrons. The van der Waals surface area contributed by atoms with Crippen molar-refractivity contribution in [3.8, 4) is 0 Å². The molecular weight excluding hydrogens is 374 g/mol. The highest BCUT2D eigenvalue weighted by Crippen LogP contribution is 2.18. The van der Waals surface area contributed by atoms with Gasteiger partial charge in [-0.05, 0) is 43.7 Å². The van der Waals surface area contributed by atoms with Crippen molar-refractivity contribution in [2.24, 2.45) is 0 Å². The molecule has 0 unspecified atom stereocenters. The first-order chi connectivity index (χ1) is 13.6. The minimum Gasteiger partial charge on any atom is -0.356 e.